The van der Waals surface area contributed by atoms with Crippen LogP contribution in [0.25, 0.3) is 0 Å². The summed E-state index contributed by atoms with van der Waals surface area (Å²) in [6.45, 7) is 5.58. The summed E-state index contributed by atoms with van der Waals surface area (Å²) < 4.78 is 5.09. The predicted molar refractivity (Wildman–Crippen MR) is 40.9 cm³/mol. The van der Waals surface area contributed by atoms with Crippen LogP contribution in [0.5, 0.6) is 0 Å². The van der Waals surface area contributed by atoms with Crippen LogP contribution in [0.2, 0.25) is 0 Å². The predicted octanol–water partition coefficient (Wildman–Crippen LogP) is 0.357. The van der Waals surface area contributed by atoms with E-state index in [1.165, 1.54) is 0 Å². The lowest BCUT2D eigenvalue weighted by molar-refractivity contribution is -0.237. The number of ether oxygens (including phenoxy) is 1. The molecular formula is C8H16O3. The Balaban J connectivity index is 2.63. The molecule has 1 rings (SSSR count). The normalized spacial score (nSPS) is 52.6. The average molecular weight is 160 g/mol. The van der Waals surface area contributed by atoms with Gasteiger partial charge in [-0.25, -0.2) is 0 Å². The highest BCUT2D eigenvalue weighted by atomic mass is 16.6. The first kappa shape index (κ1) is 8.97. The molecular weight excluding hydrogens is 144 g/mol. The quantitative estimate of drug-likeness (QED) is 0.538. The van der Waals surface area contributed by atoms with Gasteiger partial charge in [0.2, 0.25) is 0 Å². The first-order chi connectivity index (χ1) is 5.04. The molecule has 5 atom stereocenters. The Morgan fingerprint density at radius 3 is 2.09 bits per heavy atom. The summed E-state index contributed by atoms with van der Waals surface area (Å²) in [6.07, 6.45) is -1.42. The van der Waals surface area contributed by atoms with Crippen molar-refractivity contribution in [1.82, 2.24) is 0 Å². The summed E-state index contributed by atoms with van der Waals surface area (Å²) in [5.74, 6) is 0.120. The minimum absolute atomic E-state index is 0.0150. The Kier molecular flexibility index (Phi) is 2.52. The molecule has 0 spiro atoms. The molecule has 1 fully saturated rings. The Hall–Kier alpha value is -0.120. The van der Waals surface area contributed by atoms with Crippen LogP contribution in [-0.4, -0.2) is 28.7 Å². The van der Waals surface area contributed by atoms with E-state index in [-0.39, 0.29) is 17.9 Å². The van der Waals surface area contributed by atoms with Crippen LogP contribution in [-0.2, 0) is 4.74 Å². The summed E-state index contributed by atoms with van der Waals surface area (Å²) in [7, 11) is 0. The van der Waals surface area contributed by atoms with Crippen molar-refractivity contribution in [2.75, 3.05) is 0 Å². The van der Waals surface area contributed by atoms with Crippen molar-refractivity contribution < 1.29 is 14.9 Å². The molecule has 1 saturated heterocycles. The highest BCUT2D eigenvalue weighted by Crippen LogP contribution is 2.28. The topological polar surface area (TPSA) is 49.7 Å². The number of aliphatic hydroxyl groups is 2. The number of rotatable bonds is 0. The van der Waals surface area contributed by atoms with Gasteiger partial charge in [0.1, 0.15) is 0 Å². The SMILES string of the molecule is CC1OC(O)C(C)C(C)C1O. The lowest BCUT2D eigenvalue weighted by Gasteiger charge is -2.38. The molecule has 0 aliphatic carbocycles. The Morgan fingerprint density at radius 1 is 1.00 bits per heavy atom. The summed E-state index contributed by atoms with van der Waals surface area (Å²) in [5, 5.41) is 18.8. The maximum absolute atomic E-state index is 9.50. The molecule has 0 aromatic rings. The zero-order valence-electron chi connectivity index (χ0n) is 7.19. The second kappa shape index (κ2) is 3.09. The number of hydrogen-bond donors (Lipinski definition) is 2. The molecule has 1 aliphatic heterocycles. The standard InChI is InChI=1S/C8H16O3/c1-4-5(2)8(10)11-6(3)7(4)9/h4-10H,1-3H3. The molecule has 0 bridgehead atoms. The van der Waals surface area contributed by atoms with Crippen molar-refractivity contribution in [2.24, 2.45) is 11.8 Å². The molecule has 3 heteroatoms. The highest BCUT2D eigenvalue weighted by Gasteiger charge is 2.37. The van der Waals surface area contributed by atoms with Crippen LogP contribution in [0.15, 0.2) is 0 Å². The molecule has 0 amide bonds. The summed E-state index contributed by atoms with van der Waals surface area (Å²) >= 11 is 0. The number of aliphatic hydroxyl groups excluding tert-OH is 2. The van der Waals surface area contributed by atoms with Gasteiger partial charge in [-0.15, -0.1) is 0 Å². The lowest BCUT2D eigenvalue weighted by Crippen LogP contribution is -2.47. The molecule has 66 valence electrons. The van der Waals surface area contributed by atoms with Gasteiger partial charge in [-0.2, -0.15) is 0 Å². The fraction of sp³-hybridized carbons (Fsp3) is 1.00. The van der Waals surface area contributed by atoms with Crippen LogP contribution in [0.1, 0.15) is 20.8 Å². The minimum Gasteiger partial charge on any atom is -0.390 e. The van der Waals surface area contributed by atoms with Crippen LogP contribution < -0.4 is 0 Å². The van der Waals surface area contributed by atoms with E-state index >= 15 is 0 Å². The van der Waals surface area contributed by atoms with E-state index in [0.29, 0.717) is 0 Å². The Morgan fingerprint density at radius 2 is 1.55 bits per heavy atom. The molecule has 5 unspecified atom stereocenters. The largest absolute Gasteiger partial charge is 0.390 e. The van der Waals surface area contributed by atoms with Crippen LogP contribution in [0.3, 0.4) is 0 Å². The Bertz CT molecular complexity index is 123. The third kappa shape index (κ3) is 1.55. The van der Waals surface area contributed by atoms with Gasteiger partial charge in [0.15, 0.2) is 6.29 Å². The zero-order chi connectivity index (χ0) is 8.59. The van der Waals surface area contributed by atoms with Crippen molar-refractivity contribution in [3.05, 3.63) is 0 Å². The molecule has 2 N–H and O–H groups in total. The third-order valence-electron chi connectivity index (χ3n) is 2.65. The molecule has 0 saturated carbocycles. The van der Waals surface area contributed by atoms with Crippen molar-refractivity contribution in [3.63, 3.8) is 0 Å². The van der Waals surface area contributed by atoms with Gasteiger partial charge in [-0.1, -0.05) is 13.8 Å². The molecule has 3 nitrogen and oxygen atoms in total. The maximum atomic E-state index is 9.50. The van der Waals surface area contributed by atoms with Crippen molar-refractivity contribution in [3.8, 4) is 0 Å². The second-order valence-electron chi connectivity index (χ2n) is 3.44. The van der Waals surface area contributed by atoms with E-state index in [0.717, 1.165) is 0 Å². The van der Waals surface area contributed by atoms with Gasteiger partial charge in [-0.3, -0.25) is 0 Å². The van der Waals surface area contributed by atoms with Gasteiger partial charge in [0.25, 0.3) is 0 Å². The highest BCUT2D eigenvalue weighted by molar-refractivity contribution is 4.81. The van der Waals surface area contributed by atoms with E-state index in [1.807, 2.05) is 13.8 Å². The maximum Gasteiger partial charge on any atom is 0.157 e. The summed E-state index contributed by atoms with van der Waals surface area (Å²) in [5.41, 5.74) is 0. The molecule has 1 heterocycles. The van der Waals surface area contributed by atoms with Crippen molar-refractivity contribution in [2.45, 2.75) is 39.3 Å². The van der Waals surface area contributed by atoms with Crippen LogP contribution in [0.4, 0.5) is 0 Å². The van der Waals surface area contributed by atoms with E-state index in [4.69, 9.17) is 4.74 Å². The van der Waals surface area contributed by atoms with Crippen molar-refractivity contribution in [1.29, 1.82) is 0 Å². The second-order valence-corrected chi connectivity index (χ2v) is 3.44. The summed E-state index contributed by atoms with van der Waals surface area (Å²) in [6, 6.07) is 0. The molecule has 11 heavy (non-hydrogen) atoms. The minimum atomic E-state index is -0.719. The first-order valence-electron chi connectivity index (χ1n) is 4.05. The fourth-order valence-corrected chi connectivity index (χ4v) is 1.42. The molecule has 0 aromatic heterocycles. The first-order valence-corrected chi connectivity index (χ1v) is 4.05. The molecule has 0 radical (unpaired) electrons. The number of hydrogen-bond acceptors (Lipinski definition) is 3. The fourth-order valence-electron chi connectivity index (χ4n) is 1.42. The van der Waals surface area contributed by atoms with Crippen LogP contribution in [0, 0.1) is 11.8 Å². The van der Waals surface area contributed by atoms with Gasteiger partial charge in [0.05, 0.1) is 12.2 Å². The lowest BCUT2D eigenvalue weighted by atomic mass is 9.85. The third-order valence-corrected chi connectivity index (χ3v) is 2.65. The van der Waals surface area contributed by atoms with Gasteiger partial charge >= 0.3 is 0 Å². The van der Waals surface area contributed by atoms with E-state index < -0.39 is 12.4 Å². The van der Waals surface area contributed by atoms with Crippen LogP contribution >= 0.6 is 0 Å². The average Bonchev–Trinajstić information content (AvgIpc) is 1.97. The Labute approximate surface area is 67.0 Å². The van der Waals surface area contributed by atoms with Gasteiger partial charge in [0, 0.05) is 5.92 Å². The van der Waals surface area contributed by atoms with Crippen molar-refractivity contribution >= 4 is 0 Å². The van der Waals surface area contributed by atoms with E-state index in [1.54, 1.807) is 6.92 Å². The zero-order valence-corrected chi connectivity index (χ0v) is 7.19. The monoisotopic (exact) mass is 160 g/mol. The molecule has 0 aromatic carbocycles. The smallest absolute Gasteiger partial charge is 0.157 e. The van der Waals surface area contributed by atoms with E-state index in [2.05, 4.69) is 0 Å². The van der Waals surface area contributed by atoms with Gasteiger partial charge < -0.3 is 14.9 Å². The summed E-state index contributed by atoms with van der Waals surface area (Å²) in [4.78, 5) is 0. The molecule has 1 aliphatic rings. The van der Waals surface area contributed by atoms with E-state index in [9.17, 15) is 10.2 Å². The van der Waals surface area contributed by atoms with Gasteiger partial charge in [-0.05, 0) is 12.8 Å².